The monoisotopic (exact) mass is 173 g/mol. The van der Waals surface area contributed by atoms with Crippen LogP contribution >= 0.6 is 11.6 Å². The van der Waals surface area contributed by atoms with Crippen LogP contribution in [0.5, 0.6) is 5.75 Å². The summed E-state index contributed by atoms with van der Waals surface area (Å²) in [6.45, 7) is 4.00. The van der Waals surface area contributed by atoms with E-state index in [1.807, 2.05) is 13.8 Å². The van der Waals surface area contributed by atoms with Gasteiger partial charge in [-0.05, 0) is 18.2 Å². The van der Waals surface area contributed by atoms with Crippen molar-refractivity contribution in [3.05, 3.63) is 23.2 Å². The van der Waals surface area contributed by atoms with Crippen molar-refractivity contribution in [2.24, 2.45) is 0 Å². The van der Waals surface area contributed by atoms with Gasteiger partial charge in [-0.2, -0.15) is 0 Å². The molecule has 2 nitrogen and oxygen atoms in total. The predicted molar refractivity (Wildman–Crippen MR) is 48.9 cm³/mol. The lowest BCUT2D eigenvalue weighted by Gasteiger charge is -1.95. The topological polar surface area (TPSA) is 46.2 Å². The molecule has 0 saturated carbocycles. The summed E-state index contributed by atoms with van der Waals surface area (Å²) in [5, 5.41) is 9.14. The first kappa shape index (κ1) is 10.1. The van der Waals surface area contributed by atoms with Crippen LogP contribution < -0.4 is 5.73 Å². The molecule has 3 heteroatoms. The van der Waals surface area contributed by atoms with Crippen LogP contribution in [0.15, 0.2) is 18.2 Å². The molecule has 0 aliphatic heterocycles. The van der Waals surface area contributed by atoms with Crippen molar-refractivity contribution >= 4 is 17.3 Å². The van der Waals surface area contributed by atoms with Crippen LogP contribution in [0.2, 0.25) is 5.02 Å². The van der Waals surface area contributed by atoms with Gasteiger partial charge in [0.05, 0.1) is 5.02 Å². The first-order valence-electron chi connectivity index (χ1n) is 3.44. The van der Waals surface area contributed by atoms with Gasteiger partial charge in [0.2, 0.25) is 0 Å². The first-order chi connectivity index (χ1) is 5.20. The zero-order chi connectivity index (χ0) is 8.85. The average Bonchev–Trinajstić information content (AvgIpc) is 2.02. The highest BCUT2D eigenvalue weighted by molar-refractivity contribution is 6.32. The molecule has 0 saturated heterocycles. The summed E-state index contributed by atoms with van der Waals surface area (Å²) in [6, 6.07) is 4.54. The number of anilines is 1. The lowest BCUT2D eigenvalue weighted by atomic mass is 10.3. The number of halogens is 1. The number of benzene rings is 1. The zero-order valence-electron chi connectivity index (χ0n) is 6.63. The van der Waals surface area contributed by atoms with Crippen molar-refractivity contribution in [3.63, 3.8) is 0 Å². The molecule has 0 aromatic heterocycles. The summed E-state index contributed by atoms with van der Waals surface area (Å²) in [6.07, 6.45) is 0. The van der Waals surface area contributed by atoms with Gasteiger partial charge in [0.25, 0.3) is 0 Å². The number of phenolic OH excluding ortho intramolecular Hbond substituents is 1. The van der Waals surface area contributed by atoms with Gasteiger partial charge in [-0.3, -0.25) is 0 Å². The number of hydrogen-bond acceptors (Lipinski definition) is 2. The first-order valence-corrected chi connectivity index (χ1v) is 3.82. The molecule has 0 amide bonds. The van der Waals surface area contributed by atoms with E-state index >= 15 is 0 Å². The van der Waals surface area contributed by atoms with Crippen molar-refractivity contribution in [2.75, 3.05) is 5.73 Å². The Morgan fingerprint density at radius 2 is 1.91 bits per heavy atom. The molecule has 0 atom stereocenters. The van der Waals surface area contributed by atoms with Gasteiger partial charge in [0, 0.05) is 5.69 Å². The van der Waals surface area contributed by atoms with E-state index in [2.05, 4.69) is 0 Å². The highest BCUT2D eigenvalue weighted by atomic mass is 35.5. The van der Waals surface area contributed by atoms with E-state index in [0.29, 0.717) is 5.69 Å². The molecular formula is C8H12ClNO. The van der Waals surface area contributed by atoms with Crippen molar-refractivity contribution in [3.8, 4) is 5.75 Å². The van der Waals surface area contributed by atoms with Crippen LogP contribution in [0.1, 0.15) is 13.8 Å². The average molecular weight is 174 g/mol. The summed E-state index contributed by atoms with van der Waals surface area (Å²) < 4.78 is 0. The fourth-order valence-electron chi connectivity index (χ4n) is 0.523. The normalized spacial score (nSPS) is 8.27. The summed E-state index contributed by atoms with van der Waals surface area (Å²) in [7, 11) is 0. The number of nitrogen functional groups attached to an aromatic ring is 1. The van der Waals surface area contributed by atoms with E-state index in [0.717, 1.165) is 0 Å². The summed E-state index contributed by atoms with van der Waals surface area (Å²) in [5.41, 5.74) is 5.89. The highest BCUT2D eigenvalue weighted by Crippen LogP contribution is 2.24. The summed E-state index contributed by atoms with van der Waals surface area (Å²) >= 11 is 5.48. The molecule has 0 aliphatic rings. The van der Waals surface area contributed by atoms with E-state index in [1.54, 1.807) is 6.07 Å². The van der Waals surface area contributed by atoms with E-state index in [4.69, 9.17) is 22.4 Å². The Morgan fingerprint density at radius 3 is 2.27 bits per heavy atom. The fourth-order valence-corrected chi connectivity index (χ4v) is 0.712. The van der Waals surface area contributed by atoms with Crippen molar-refractivity contribution in [1.82, 2.24) is 0 Å². The molecule has 0 fully saturated rings. The number of phenols is 1. The third-order valence-corrected chi connectivity index (χ3v) is 1.27. The molecule has 0 radical (unpaired) electrons. The molecule has 0 unspecified atom stereocenters. The second-order valence-corrected chi connectivity index (χ2v) is 2.12. The summed E-state index contributed by atoms with van der Waals surface area (Å²) in [4.78, 5) is 0. The van der Waals surface area contributed by atoms with Crippen LogP contribution in [0, 0.1) is 0 Å². The molecular weight excluding hydrogens is 162 g/mol. The van der Waals surface area contributed by atoms with Crippen LogP contribution in [0.4, 0.5) is 5.69 Å². The Morgan fingerprint density at radius 1 is 1.36 bits per heavy atom. The minimum Gasteiger partial charge on any atom is -0.506 e. The third-order valence-electron chi connectivity index (χ3n) is 0.972. The maximum Gasteiger partial charge on any atom is 0.134 e. The highest BCUT2D eigenvalue weighted by Gasteiger charge is 1.94. The lowest BCUT2D eigenvalue weighted by Crippen LogP contribution is -1.81. The Hall–Kier alpha value is -0.890. The molecule has 1 aromatic carbocycles. The fraction of sp³-hybridized carbons (Fsp3) is 0.250. The van der Waals surface area contributed by atoms with Gasteiger partial charge < -0.3 is 10.8 Å². The Kier molecular flexibility index (Phi) is 4.46. The number of hydrogen-bond donors (Lipinski definition) is 2. The van der Waals surface area contributed by atoms with E-state index in [1.165, 1.54) is 12.1 Å². The van der Waals surface area contributed by atoms with Gasteiger partial charge in [0.15, 0.2) is 0 Å². The standard InChI is InChI=1S/C6H6ClNO.C2H6/c7-5-3-4(8)1-2-6(5)9;1-2/h1-3,9H,8H2;1-2H3. The largest absolute Gasteiger partial charge is 0.506 e. The second-order valence-electron chi connectivity index (χ2n) is 1.71. The quantitative estimate of drug-likeness (QED) is 0.468. The maximum atomic E-state index is 8.86. The summed E-state index contributed by atoms with van der Waals surface area (Å²) in [5.74, 6) is 0.0610. The maximum absolute atomic E-state index is 8.86. The SMILES string of the molecule is CC.Nc1ccc(O)c(Cl)c1. The molecule has 3 N–H and O–H groups in total. The molecule has 11 heavy (non-hydrogen) atoms. The Labute approximate surface area is 71.6 Å². The molecule has 1 rings (SSSR count). The van der Waals surface area contributed by atoms with Gasteiger partial charge in [-0.25, -0.2) is 0 Å². The molecule has 0 spiro atoms. The molecule has 0 bridgehead atoms. The minimum absolute atomic E-state index is 0.0610. The van der Waals surface area contributed by atoms with Crippen molar-refractivity contribution in [1.29, 1.82) is 0 Å². The van der Waals surface area contributed by atoms with Gasteiger partial charge in [0.1, 0.15) is 5.75 Å². The lowest BCUT2D eigenvalue weighted by molar-refractivity contribution is 0.475. The smallest absolute Gasteiger partial charge is 0.134 e. The number of aromatic hydroxyl groups is 1. The van der Waals surface area contributed by atoms with Gasteiger partial charge >= 0.3 is 0 Å². The van der Waals surface area contributed by atoms with Crippen molar-refractivity contribution < 1.29 is 5.11 Å². The second kappa shape index (κ2) is 4.85. The van der Waals surface area contributed by atoms with E-state index in [9.17, 15) is 0 Å². The molecule has 0 aliphatic carbocycles. The van der Waals surface area contributed by atoms with Crippen LogP contribution in [0.3, 0.4) is 0 Å². The zero-order valence-corrected chi connectivity index (χ0v) is 7.39. The van der Waals surface area contributed by atoms with E-state index < -0.39 is 0 Å². The number of rotatable bonds is 0. The van der Waals surface area contributed by atoms with E-state index in [-0.39, 0.29) is 10.8 Å². The van der Waals surface area contributed by atoms with Crippen molar-refractivity contribution in [2.45, 2.75) is 13.8 Å². The molecule has 1 aromatic rings. The molecule has 62 valence electrons. The van der Waals surface area contributed by atoms with Crippen LogP contribution in [-0.4, -0.2) is 5.11 Å². The van der Waals surface area contributed by atoms with Gasteiger partial charge in [-0.15, -0.1) is 0 Å². The third kappa shape index (κ3) is 3.14. The Balaban J connectivity index is 0.000000461. The van der Waals surface area contributed by atoms with Crippen LogP contribution in [-0.2, 0) is 0 Å². The predicted octanol–water partition coefficient (Wildman–Crippen LogP) is 2.65. The van der Waals surface area contributed by atoms with Crippen LogP contribution in [0.25, 0.3) is 0 Å². The Bertz CT molecular complexity index is 225. The van der Waals surface area contributed by atoms with Gasteiger partial charge in [-0.1, -0.05) is 25.4 Å². The molecule has 0 heterocycles. The minimum atomic E-state index is 0.0610. The number of nitrogens with two attached hydrogens (primary N) is 1.